The van der Waals surface area contributed by atoms with Crippen LogP contribution in [-0.4, -0.2) is 44.0 Å². The van der Waals surface area contributed by atoms with E-state index in [9.17, 15) is 8.42 Å². The number of sulfone groups is 1. The van der Waals surface area contributed by atoms with Gasteiger partial charge in [-0.1, -0.05) is 30.3 Å². The molecule has 4 nitrogen and oxygen atoms in total. The highest BCUT2D eigenvalue weighted by Gasteiger charge is 2.44. The molecule has 1 aromatic carbocycles. The Bertz CT molecular complexity index is 501. The van der Waals surface area contributed by atoms with E-state index in [2.05, 4.69) is 4.90 Å². The van der Waals surface area contributed by atoms with Crippen LogP contribution in [0.2, 0.25) is 0 Å². The largest absolute Gasteiger partial charge is 0.329 e. The number of likely N-dealkylation sites (N-methyl/N-ethyl adjacent to an activating group) is 1. The molecule has 100 valence electrons. The van der Waals surface area contributed by atoms with Crippen molar-refractivity contribution in [2.24, 2.45) is 5.73 Å². The Morgan fingerprint density at radius 2 is 2.00 bits per heavy atom. The molecule has 1 aliphatic heterocycles. The predicted molar refractivity (Wildman–Crippen MR) is 73.0 cm³/mol. The second-order valence-corrected chi connectivity index (χ2v) is 7.30. The van der Waals surface area contributed by atoms with Gasteiger partial charge in [0.2, 0.25) is 0 Å². The maximum Gasteiger partial charge on any atom is 0.152 e. The molecule has 0 aromatic heterocycles. The third-order valence-electron chi connectivity index (χ3n) is 3.82. The fraction of sp³-hybridized carbons (Fsp3) is 0.538. The minimum Gasteiger partial charge on any atom is -0.329 e. The topological polar surface area (TPSA) is 63.4 Å². The summed E-state index contributed by atoms with van der Waals surface area (Å²) in [6.07, 6.45) is 0.634. The van der Waals surface area contributed by atoms with Crippen molar-refractivity contribution in [3.63, 3.8) is 0 Å². The Labute approximate surface area is 109 Å². The molecule has 0 radical (unpaired) electrons. The number of hydrogen-bond donors (Lipinski definition) is 1. The van der Waals surface area contributed by atoms with Crippen LogP contribution in [0, 0.1) is 0 Å². The molecule has 0 amide bonds. The van der Waals surface area contributed by atoms with E-state index in [0.717, 1.165) is 6.54 Å². The Kier molecular flexibility index (Phi) is 3.75. The first-order valence-corrected chi connectivity index (χ1v) is 7.95. The van der Waals surface area contributed by atoms with E-state index in [1.807, 2.05) is 37.4 Å². The summed E-state index contributed by atoms with van der Waals surface area (Å²) in [6, 6.07) is 10.0. The third kappa shape index (κ3) is 2.74. The predicted octanol–water partition coefficient (Wildman–Crippen LogP) is 0.634. The molecule has 0 spiro atoms. The van der Waals surface area contributed by atoms with E-state index in [1.165, 1.54) is 5.56 Å². The van der Waals surface area contributed by atoms with Gasteiger partial charge in [0.25, 0.3) is 0 Å². The summed E-state index contributed by atoms with van der Waals surface area (Å²) >= 11 is 0. The molecule has 1 aliphatic rings. The summed E-state index contributed by atoms with van der Waals surface area (Å²) in [5.41, 5.74) is 6.62. The SMILES string of the molecule is CN(Cc1ccccc1)C1(CN)CCS(=O)(=O)C1. The minimum atomic E-state index is -2.92. The minimum absolute atomic E-state index is 0.180. The molecule has 18 heavy (non-hydrogen) atoms. The highest BCUT2D eigenvalue weighted by Crippen LogP contribution is 2.29. The molecule has 0 aliphatic carbocycles. The molecular weight excluding hydrogens is 248 g/mol. The maximum absolute atomic E-state index is 11.7. The lowest BCUT2D eigenvalue weighted by atomic mass is 9.96. The average molecular weight is 268 g/mol. The van der Waals surface area contributed by atoms with Gasteiger partial charge in [0.05, 0.1) is 11.5 Å². The van der Waals surface area contributed by atoms with E-state index in [4.69, 9.17) is 5.73 Å². The zero-order valence-electron chi connectivity index (χ0n) is 10.7. The highest BCUT2D eigenvalue weighted by atomic mass is 32.2. The average Bonchev–Trinajstić information content (AvgIpc) is 2.68. The summed E-state index contributed by atoms with van der Waals surface area (Å²) < 4.78 is 23.4. The first-order valence-electron chi connectivity index (χ1n) is 6.13. The van der Waals surface area contributed by atoms with Crippen molar-refractivity contribution >= 4 is 9.84 Å². The van der Waals surface area contributed by atoms with Crippen molar-refractivity contribution in [3.8, 4) is 0 Å². The van der Waals surface area contributed by atoms with Crippen LogP contribution in [0.25, 0.3) is 0 Å². The molecule has 1 atom stereocenters. The van der Waals surface area contributed by atoms with Crippen LogP contribution in [-0.2, 0) is 16.4 Å². The van der Waals surface area contributed by atoms with Gasteiger partial charge in [0.15, 0.2) is 9.84 Å². The first kappa shape index (κ1) is 13.5. The normalized spacial score (nSPS) is 26.6. The van der Waals surface area contributed by atoms with Crippen molar-refractivity contribution < 1.29 is 8.42 Å². The number of benzene rings is 1. The lowest BCUT2D eigenvalue weighted by Crippen LogP contribution is -2.52. The number of nitrogens with two attached hydrogens (primary N) is 1. The quantitative estimate of drug-likeness (QED) is 0.870. The Morgan fingerprint density at radius 1 is 1.33 bits per heavy atom. The summed E-state index contributed by atoms with van der Waals surface area (Å²) in [4.78, 5) is 2.09. The van der Waals surface area contributed by atoms with E-state index >= 15 is 0 Å². The van der Waals surface area contributed by atoms with Gasteiger partial charge in [-0.15, -0.1) is 0 Å². The summed E-state index contributed by atoms with van der Waals surface area (Å²) in [5.74, 6) is 0.434. The molecule has 1 fully saturated rings. The van der Waals surface area contributed by atoms with Crippen molar-refractivity contribution in [1.29, 1.82) is 0 Å². The first-order chi connectivity index (χ1) is 8.47. The second kappa shape index (κ2) is 4.99. The van der Waals surface area contributed by atoms with E-state index in [-0.39, 0.29) is 11.5 Å². The van der Waals surface area contributed by atoms with Gasteiger partial charge in [-0.25, -0.2) is 8.42 Å². The number of rotatable bonds is 4. The molecule has 2 N–H and O–H groups in total. The van der Waals surface area contributed by atoms with Gasteiger partial charge in [0.1, 0.15) is 0 Å². The van der Waals surface area contributed by atoms with Gasteiger partial charge in [-0.05, 0) is 19.0 Å². The van der Waals surface area contributed by atoms with Gasteiger partial charge in [0, 0.05) is 18.6 Å². The molecule has 0 saturated carbocycles. The summed E-state index contributed by atoms with van der Waals surface area (Å²) in [5, 5.41) is 0. The van der Waals surface area contributed by atoms with Gasteiger partial charge in [-0.2, -0.15) is 0 Å². The molecule has 5 heteroatoms. The second-order valence-electron chi connectivity index (χ2n) is 5.11. The van der Waals surface area contributed by atoms with Crippen LogP contribution in [0.15, 0.2) is 30.3 Å². The lowest BCUT2D eigenvalue weighted by molar-refractivity contribution is 0.143. The Morgan fingerprint density at radius 3 is 2.50 bits per heavy atom. The van der Waals surface area contributed by atoms with Crippen LogP contribution in [0.3, 0.4) is 0 Å². The molecule has 1 unspecified atom stereocenters. The maximum atomic E-state index is 11.7. The summed E-state index contributed by atoms with van der Waals surface area (Å²) in [6.45, 7) is 1.11. The zero-order valence-corrected chi connectivity index (χ0v) is 11.5. The van der Waals surface area contributed by atoms with E-state index in [1.54, 1.807) is 0 Å². The number of nitrogens with zero attached hydrogens (tertiary/aromatic N) is 1. The van der Waals surface area contributed by atoms with Crippen molar-refractivity contribution in [1.82, 2.24) is 4.90 Å². The molecular formula is C13H20N2O2S. The standard InChI is InChI=1S/C13H20N2O2S/c1-15(9-12-5-3-2-4-6-12)13(10-14)7-8-18(16,17)11-13/h2-6H,7-11,14H2,1H3. The fourth-order valence-corrected chi connectivity index (χ4v) is 4.68. The number of hydrogen-bond acceptors (Lipinski definition) is 4. The third-order valence-corrected chi connectivity index (χ3v) is 5.62. The summed E-state index contributed by atoms with van der Waals surface area (Å²) in [7, 11) is -0.966. The van der Waals surface area contributed by atoms with Gasteiger partial charge < -0.3 is 5.73 Å². The Balaban J connectivity index is 2.14. The van der Waals surface area contributed by atoms with Crippen molar-refractivity contribution in [3.05, 3.63) is 35.9 Å². The molecule has 1 saturated heterocycles. The van der Waals surface area contributed by atoms with Crippen molar-refractivity contribution in [2.75, 3.05) is 25.1 Å². The Hall–Kier alpha value is -0.910. The van der Waals surface area contributed by atoms with Crippen LogP contribution in [0.5, 0.6) is 0 Å². The van der Waals surface area contributed by atoms with Crippen LogP contribution in [0.1, 0.15) is 12.0 Å². The van der Waals surface area contributed by atoms with Gasteiger partial charge in [-0.3, -0.25) is 4.90 Å². The van der Waals surface area contributed by atoms with Gasteiger partial charge >= 0.3 is 0 Å². The van der Waals surface area contributed by atoms with Crippen LogP contribution in [0.4, 0.5) is 0 Å². The molecule has 0 bridgehead atoms. The van der Waals surface area contributed by atoms with Crippen molar-refractivity contribution in [2.45, 2.75) is 18.5 Å². The zero-order chi connectivity index (χ0) is 13.2. The molecule has 1 aromatic rings. The molecule has 2 rings (SSSR count). The highest BCUT2D eigenvalue weighted by molar-refractivity contribution is 7.91. The monoisotopic (exact) mass is 268 g/mol. The van der Waals surface area contributed by atoms with Crippen LogP contribution >= 0.6 is 0 Å². The lowest BCUT2D eigenvalue weighted by Gasteiger charge is -2.36. The van der Waals surface area contributed by atoms with E-state index < -0.39 is 15.4 Å². The van der Waals surface area contributed by atoms with E-state index in [0.29, 0.717) is 13.0 Å². The molecule has 1 heterocycles. The van der Waals surface area contributed by atoms with Crippen LogP contribution < -0.4 is 5.73 Å². The smallest absolute Gasteiger partial charge is 0.152 e. The fourth-order valence-electron chi connectivity index (χ4n) is 2.54.